The largest absolute Gasteiger partial charge is 0.308 e. The monoisotopic (exact) mass is 520 g/mol. The van der Waals surface area contributed by atoms with Gasteiger partial charge in [-0.3, -0.25) is 4.79 Å². The van der Waals surface area contributed by atoms with Gasteiger partial charge in [0.2, 0.25) is 10.0 Å². The molecule has 0 amide bonds. The number of benzene rings is 2. The van der Waals surface area contributed by atoms with E-state index in [9.17, 15) is 13.2 Å². The molecule has 194 valence electrons. The van der Waals surface area contributed by atoms with Crippen molar-refractivity contribution in [3.8, 4) is 0 Å². The van der Waals surface area contributed by atoms with Gasteiger partial charge in [0.15, 0.2) is 11.2 Å². The third-order valence-electron chi connectivity index (χ3n) is 7.04. The van der Waals surface area contributed by atoms with E-state index in [2.05, 4.69) is 60.3 Å². The summed E-state index contributed by atoms with van der Waals surface area (Å²) in [6, 6.07) is 15.2. The van der Waals surface area contributed by atoms with Gasteiger partial charge >= 0.3 is 0 Å². The number of piperidine rings is 1. The maximum atomic E-state index is 13.1. The Balaban J connectivity index is 1.34. The molecule has 0 aliphatic carbocycles. The molecule has 0 spiro atoms. The number of fused-ring (bicyclic) bond motifs is 1. The fraction of sp³-hybridized carbons (Fsp3) is 0.407. The summed E-state index contributed by atoms with van der Waals surface area (Å²) in [6.07, 6.45) is 1.13. The van der Waals surface area contributed by atoms with Crippen molar-refractivity contribution in [2.75, 3.05) is 13.1 Å². The molecule has 1 fully saturated rings. The zero-order valence-corrected chi connectivity index (χ0v) is 22.4. The molecule has 1 saturated heterocycles. The van der Waals surface area contributed by atoms with Crippen LogP contribution in [0.2, 0.25) is 0 Å². The van der Waals surface area contributed by atoms with Crippen LogP contribution in [0.3, 0.4) is 0 Å². The highest BCUT2D eigenvalue weighted by Crippen LogP contribution is 2.29. The molecule has 0 radical (unpaired) electrons. The summed E-state index contributed by atoms with van der Waals surface area (Å²) in [6.45, 7) is 9.62. The van der Waals surface area contributed by atoms with Crippen molar-refractivity contribution in [2.24, 2.45) is 0 Å². The first kappa shape index (κ1) is 25.3. The average molecular weight is 521 g/mol. The van der Waals surface area contributed by atoms with Crippen molar-refractivity contribution in [1.29, 1.82) is 0 Å². The summed E-state index contributed by atoms with van der Waals surface area (Å²) in [7, 11) is -3.56. The van der Waals surface area contributed by atoms with Crippen LogP contribution in [0.25, 0.3) is 11.2 Å². The predicted molar refractivity (Wildman–Crippen MR) is 142 cm³/mol. The van der Waals surface area contributed by atoms with Gasteiger partial charge < -0.3 is 4.98 Å². The first-order valence-corrected chi connectivity index (χ1v) is 14.0. The number of hydrogen-bond donors (Lipinski definition) is 1. The van der Waals surface area contributed by atoms with Gasteiger partial charge in [0.05, 0.1) is 11.4 Å². The van der Waals surface area contributed by atoms with E-state index in [1.165, 1.54) is 9.87 Å². The second-order valence-corrected chi connectivity index (χ2v) is 12.7. The minimum Gasteiger partial charge on any atom is -0.308 e. The molecule has 0 saturated carbocycles. The first-order chi connectivity index (χ1) is 17.5. The van der Waals surface area contributed by atoms with Gasteiger partial charge in [-0.15, -0.1) is 5.10 Å². The van der Waals surface area contributed by atoms with Crippen LogP contribution >= 0.6 is 0 Å². The number of nitrogens with one attached hydrogen (secondary N) is 1. The zero-order valence-electron chi connectivity index (χ0n) is 21.6. The van der Waals surface area contributed by atoms with Crippen LogP contribution in [-0.2, 0) is 22.0 Å². The quantitative estimate of drug-likeness (QED) is 0.429. The fourth-order valence-corrected chi connectivity index (χ4v) is 6.16. The van der Waals surface area contributed by atoms with Crippen LogP contribution in [0.5, 0.6) is 0 Å². The highest BCUT2D eigenvalue weighted by molar-refractivity contribution is 7.89. The van der Waals surface area contributed by atoms with Crippen LogP contribution in [0, 0.1) is 6.92 Å². The van der Waals surface area contributed by atoms with Crippen LogP contribution in [0.1, 0.15) is 62.0 Å². The van der Waals surface area contributed by atoms with Gasteiger partial charge in [0.1, 0.15) is 5.82 Å². The molecular weight excluding hydrogens is 488 g/mol. The molecule has 5 rings (SSSR count). The van der Waals surface area contributed by atoms with E-state index in [1.807, 2.05) is 6.92 Å². The third-order valence-corrected chi connectivity index (χ3v) is 8.96. The summed E-state index contributed by atoms with van der Waals surface area (Å²) < 4.78 is 29.3. The lowest BCUT2D eigenvalue weighted by atomic mass is 9.87. The lowest BCUT2D eigenvalue weighted by molar-refractivity contribution is 0.313. The number of hydrogen-bond acceptors (Lipinski definition) is 6. The molecule has 10 heteroatoms. The second-order valence-electron chi connectivity index (χ2n) is 10.8. The molecule has 2 aromatic heterocycles. The van der Waals surface area contributed by atoms with E-state index in [0.29, 0.717) is 48.8 Å². The number of rotatable bonds is 5. The van der Waals surface area contributed by atoms with Gasteiger partial charge in [-0.2, -0.15) is 4.31 Å². The molecule has 1 N–H and O–H groups in total. The van der Waals surface area contributed by atoms with Gasteiger partial charge in [-0.05, 0) is 48.4 Å². The summed E-state index contributed by atoms with van der Waals surface area (Å²) in [5, 5.41) is 8.25. The Morgan fingerprint density at radius 2 is 1.65 bits per heavy atom. The zero-order chi connectivity index (χ0) is 26.4. The molecular formula is C27H32N6O3S. The summed E-state index contributed by atoms with van der Waals surface area (Å²) in [5.74, 6) is 0.493. The number of aromatic nitrogens is 5. The molecule has 0 bridgehead atoms. The molecule has 3 heterocycles. The maximum absolute atomic E-state index is 13.1. The standard InChI is InChI=1S/C27H32N6O3S/c1-18-5-11-22(12-6-18)37(35,36)32-15-13-20(14-16-32)24-28-25-23(26(34)29-24)30-31-33(25)17-19-7-9-21(10-8-19)27(2,3)4/h5-12,20H,13-17H2,1-4H3,(H,28,29,34). The van der Waals surface area contributed by atoms with Crippen molar-refractivity contribution in [1.82, 2.24) is 29.3 Å². The second kappa shape index (κ2) is 9.50. The summed E-state index contributed by atoms with van der Waals surface area (Å²) in [5.41, 5.74) is 3.67. The van der Waals surface area contributed by atoms with Crippen LogP contribution in [-0.4, -0.2) is 50.8 Å². The molecule has 37 heavy (non-hydrogen) atoms. The van der Waals surface area contributed by atoms with E-state index >= 15 is 0 Å². The van der Waals surface area contributed by atoms with Crippen LogP contribution in [0.15, 0.2) is 58.2 Å². The molecule has 4 aromatic rings. The van der Waals surface area contributed by atoms with Crippen molar-refractivity contribution in [3.05, 3.63) is 81.4 Å². The van der Waals surface area contributed by atoms with Gasteiger partial charge in [0, 0.05) is 19.0 Å². The molecule has 0 atom stereocenters. The fourth-order valence-electron chi connectivity index (χ4n) is 4.70. The Labute approximate surface area is 216 Å². The average Bonchev–Trinajstić information content (AvgIpc) is 3.27. The number of nitrogens with zero attached hydrogens (tertiary/aromatic N) is 5. The van der Waals surface area contributed by atoms with Gasteiger partial charge in [-0.25, -0.2) is 18.1 Å². The van der Waals surface area contributed by atoms with Crippen molar-refractivity contribution >= 4 is 21.2 Å². The minimum atomic E-state index is -3.56. The Morgan fingerprint density at radius 1 is 1.00 bits per heavy atom. The minimum absolute atomic E-state index is 0.0593. The molecule has 9 nitrogen and oxygen atoms in total. The molecule has 0 unspecified atom stereocenters. The molecule has 2 aromatic carbocycles. The Morgan fingerprint density at radius 3 is 2.27 bits per heavy atom. The lowest BCUT2D eigenvalue weighted by Crippen LogP contribution is -2.38. The van der Waals surface area contributed by atoms with E-state index in [0.717, 1.165) is 11.1 Å². The first-order valence-electron chi connectivity index (χ1n) is 12.5. The van der Waals surface area contributed by atoms with Crippen molar-refractivity contribution in [2.45, 2.75) is 63.3 Å². The number of sulfonamides is 1. The number of H-pyrrole nitrogens is 1. The Hall–Kier alpha value is -3.37. The van der Waals surface area contributed by atoms with Crippen LogP contribution < -0.4 is 5.56 Å². The highest BCUT2D eigenvalue weighted by atomic mass is 32.2. The van der Waals surface area contributed by atoms with E-state index in [-0.39, 0.29) is 22.4 Å². The SMILES string of the molecule is Cc1ccc(S(=O)(=O)N2CCC(c3nc4c(nnn4Cc4ccc(C(C)(C)C)cc4)c(=O)[nH]3)CC2)cc1. The van der Waals surface area contributed by atoms with E-state index in [4.69, 9.17) is 4.98 Å². The Kier molecular flexibility index (Phi) is 6.49. The van der Waals surface area contributed by atoms with Crippen molar-refractivity contribution in [3.63, 3.8) is 0 Å². The summed E-state index contributed by atoms with van der Waals surface area (Å²) >= 11 is 0. The predicted octanol–water partition coefficient (Wildman–Crippen LogP) is 3.74. The summed E-state index contributed by atoms with van der Waals surface area (Å²) in [4.78, 5) is 20.7. The third kappa shape index (κ3) is 5.08. The Bertz CT molecular complexity index is 1570. The van der Waals surface area contributed by atoms with E-state index < -0.39 is 10.0 Å². The smallest absolute Gasteiger partial charge is 0.281 e. The topological polar surface area (TPSA) is 114 Å². The molecule has 1 aliphatic heterocycles. The van der Waals surface area contributed by atoms with Gasteiger partial charge in [-0.1, -0.05) is 67.9 Å². The van der Waals surface area contributed by atoms with Gasteiger partial charge in [0.25, 0.3) is 5.56 Å². The lowest BCUT2D eigenvalue weighted by Gasteiger charge is -2.30. The van der Waals surface area contributed by atoms with E-state index in [1.54, 1.807) is 28.9 Å². The molecule has 1 aliphatic rings. The van der Waals surface area contributed by atoms with Crippen LogP contribution in [0.4, 0.5) is 0 Å². The number of aromatic amines is 1. The maximum Gasteiger partial charge on any atom is 0.281 e. The number of aryl methyl sites for hydroxylation is 1. The highest BCUT2D eigenvalue weighted by Gasteiger charge is 2.31. The van der Waals surface area contributed by atoms with Crippen molar-refractivity contribution < 1.29 is 8.42 Å². The normalized spacial score (nSPS) is 15.9.